The molecule has 1 amide bonds. The van der Waals surface area contributed by atoms with E-state index in [9.17, 15) is 9.00 Å². The summed E-state index contributed by atoms with van der Waals surface area (Å²) in [6, 6.07) is 0. The summed E-state index contributed by atoms with van der Waals surface area (Å²) in [5.74, 6) is 0.462. The molecule has 0 aliphatic rings. The number of nitrogens with one attached hydrogen (secondary N) is 1. The second kappa shape index (κ2) is 7.98. The predicted octanol–water partition coefficient (Wildman–Crippen LogP) is 1.18. The Morgan fingerprint density at radius 3 is 2.62 bits per heavy atom. The van der Waals surface area contributed by atoms with Crippen LogP contribution in [0, 0.1) is 0 Å². The maximum absolute atomic E-state index is 11.1. The fraction of sp³-hybridized carbons (Fsp3) is 0.667. The Morgan fingerprint density at radius 2 is 2.08 bits per heavy atom. The van der Waals surface area contributed by atoms with E-state index in [0.29, 0.717) is 12.3 Å². The topological polar surface area (TPSA) is 46.2 Å². The minimum absolute atomic E-state index is 0.161. The molecule has 0 aliphatic carbocycles. The first-order valence-corrected chi connectivity index (χ1v) is 5.92. The zero-order valence-corrected chi connectivity index (χ0v) is 9.02. The Bertz CT molecular complexity index is 202. The molecular weight excluding hydrogens is 186 g/mol. The smallest absolute Gasteiger partial charge is 0.244 e. The minimum atomic E-state index is -0.988. The molecule has 76 valence electrons. The van der Waals surface area contributed by atoms with Crippen LogP contribution >= 0.6 is 0 Å². The van der Waals surface area contributed by atoms with Crippen LogP contribution in [-0.4, -0.2) is 22.4 Å². The van der Waals surface area contributed by atoms with Crippen molar-refractivity contribution in [1.29, 1.82) is 0 Å². The third-order valence-corrected chi connectivity index (χ3v) is 2.58. The van der Waals surface area contributed by atoms with Gasteiger partial charge in [0.2, 0.25) is 5.91 Å². The van der Waals surface area contributed by atoms with E-state index < -0.39 is 10.8 Å². The van der Waals surface area contributed by atoms with E-state index in [1.54, 1.807) is 0 Å². The van der Waals surface area contributed by atoms with Gasteiger partial charge >= 0.3 is 0 Å². The maximum Gasteiger partial charge on any atom is 0.244 e. The van der Waals surface area contributed by atoms with Crippen LogP contribution in [0.4, 0.5) is 0 Å². The molecule has 0 rings (SSSR count). The van der Waals surface area contributed by atoms with Crippen LogP contribution in [-0.2, 0) is 15.6 Å². The first-order chi connectivity index (χ1) is 6.20. The average Bonchev–Trinajstić information content (AvgIpc) is 2.12. The molecule has 0 aliphatic heterocycles. The minimum Gasteiger partial charge on any atom is -0.353 e. The van der Waals surface area contributed by atoms with Crippen molar-refractivity contribution in [3.63, 3.8) is 0 Å². The van der Waals surface area contributed by atoms with Crippen molar-refractivity contribution in [2.45, 2.75) is 26.7 Å². The molecule has 0 saturated heterocycles. The Kier molecular flexibility index (Phi) is 7.59. The van der Waals surface area contributed by atoms with Gasteiger partial charge in [0.15, 0.2) is 0 Å². The van der Waals surface area contributed by atoms with Crippen molar-refractivity contribution in [2.24, 2.45) is 0 Å². The molecule has 0 aromatic rings. The summed E-state index contributed by atoms with van der Waals surface area (Å²) in [6.45, 7) is 4.62. The summed E-state index contributed by atoms with van der Waals surface area (Å²) in [4.78, 5) is 11.0. The second-order valence-electron chi connectivity index (χ2n) is 2.68. The van der Waals surface area contributed by atoms with E-state index in [0.717, 1.165) is 12.8 Å². The molecule has 1 N–H and O–H groups in total. The van der Waals surface area contributed by atoms with E-state index in [2.05, 4.69) is 5.32 Å². The Balaban J connectivity index is 3.69. The van der Waals surface area contributed by atoms with Crippen molar-refractivity contribution in [3.05, 3.63) is 11.5 Å². The lowest BCUT2D eigenvalue weighted by Gasteiger charge is -1.96. The lowest BCUT2D eigenvalue weighted by Crippen LogP contribution is -2.21. The highest BCUT2D eigenvalue weighted by atomic mass is 32.2. The molecule has 0 bridgehead atoms. The van der Waals surface area contributed by atoms with Gasteiger partial charge in [-0.15, -0.1) is 0 Å². The van der Waals surface area contributed by atoms with Crippen LogP contribution < -0.4 is 5.32 Å². The number of hydrogen-bond acceptors (Lipinski definition) is 2. The standard InChI is InChI=1S/C9H17NO2S/c1-3-6-10-9(11)5-8-13(12)7-4-2/h5,8H,3-4,6-7H2,1-2H3,(H,10,11)/b8-5-/t13-/m1/s1. The summed E-state index contributed by atoms with van der Waals surface area (Å²) < 4.78 is 11.1. The molecular formula is C9H17NO2S. The van der Waals surface area contributed by atoms with E-state index in [-0.39, 0.29) is 5.91 Å². The highest BCUT2D eigenvalue weighted by Crippen LogP contribution is 1.88. The first kappa shape index (κ1) is 12.4. The van der Waals surface area contributed by atoms with Gasteiger partial charge in [-0.3, -0.25) is 9.00 Å². The summed E-state index contributed by atoms with van der Waals surface area (Å²) in [7, 11) is -0.988. The Morgan fingerprint density at radius 1 is 1.38 bits per heavy atom. The van der Waals surface area contributed by atoms with Gasteiger partial charge in [-0.25, -0.2) is 0 Å². The molecule has 1 atom stereocenters. The molecule has 0 unspecified atom stereocenters. The van der Waals surface area contributed by atoms with Gasteiger partial charge in [-0.05, 0) is 12.8 Å². The highest BCUT2D eigenvalue weighted by Gasteiger charge is 1.94. The normalized spacial score (nSPS) is 13.1. The Hall–Kier alpha value is -0.640. The van der Waals surface area contributed by atoms with Gasteiger partial charge in [-0.1, -0.05) is 13.8 Å². The molecule has 0 radical (unpaired) electrons. The first-order valence-electron chi connectivity index (χ1n) is 4.53. The molecule has 0 aromatic carbocycles. The lowest BCUT2D eigenvalue weighted by atomic mass is 10.4. The molecule has 0 saturated carbocycles. The molecule has 4 heteroatoms. The van der Waals surface area contributed by atoms with Crippen LogP contribution in [0.3, 0.4) is 0 Å². The van der Waals surface area contributed by atoms with E-state index >= 15 is 0 Å². The molecule has 13 heavy (non-hydrogen) atoms. The third kappa shape index (κ3) is 7.71. The van der Waals surface area contributed by atoms with Gasteiger partial charge < -0.3 is 5.32 Å². The largest absolute Gasteiger partial charge is 0.353 e. The molecule has 0 aromatic heterocycles. The third-order valence-electron chi connectivity index (χ3n) is 1.33. The van der Waals surface area contributed by atoms with Crippen LogP contribution in [0.5, 0.6) is 0 Å². The van der Waals surface area contributed by atoms with Gasteiger partial charge in [0, 0.05) is 34.6 Å². The van der Waals surface area contributed by atoms with Crippen LogP contribution in [0.2, 0.25) is 0 Å². The number of carbonyl (C=O) groups excluding carboxylic acids is 1. The van der Waals surface area contributed by atoms with Gasteiger partial charge in [-0.2, -0.15) is 0 Å². The molecule has 0 heterocycles. The molecule has 3 nitrogen and oxygen atoms in total. The quantitative estimate of drug-likeness (QED) is 0.659. The number of amides is 1. The number of carbonyl (C=O) groups is 1. The Labute approximate surface area is 82.1 Å². The zero-order valence-electron chi connectivity index (χ0n) is 8.21. The number of hydrogen-bond donors (Lipinski definition) is 1. The van der Waals surface area contributed by atoms with Crippen LogP contribution in [0.25, 0.3) is 0 Å². The summed E-state index contributed by atoms with van der Waals surface area (Å²) in [5.41, 5.74) is 0. The van der Waals surface area contributed by atoms with Crippen molar-refractivity contribution in [2.75, 3.05) is 12.3 Å². The van der Waals surface area contributed by atoms with Crippen molar-refractivity contribution in [3.8, 4) is 0 Å². The molecule has 0 fully saturated rings. The van der Waals surface area contributed by atoms with Gasteiger partial charge in [0.25, 0.3) is 0 Å². The SMILES string of the molecule is CCCNC(=O)/C=C\[S@](=O)CCC. The van der Waals surface area contributed by atoms with Crippen molar-refractivity contribution < 1.29 is 9.00 Å². The summed E-state index contributed by atoms with van der Waals surface area (Å²) >= 11 is 0. The summed E-state index contributed by atoms with van der Waals surface area (Å²) in [5, 5.41) is 4.12. The second-order valence-corrected chi connectivity index (χ2v) is 4.12. The molecule has 0 spiro atoms. The fourth-order valence-electron chi connectivity index (χ4n) is 0.714. The van der Waals surface area contributed by atoms with E-state index in [4.69, 9.17) is 0 Å². The average molecular weight is 203 g/mol. The van der Waals surface area contributed by atoms with Crippen molar-refractivity contribution >= 4 is 16.7 Å². The summed E-state index contributed by atoms with van der Waals surface area (Å²) in [6.07, 6.45) is 3.13. The monoisotopic (exact) mass is 203 g/mol. The van der Waals surface area contributed by atoms with Crippen LogP contribution in [0.15, 0.2) is 11.5 Å². The van der Waals surface area contributed by atoms with E-state index in [1.807, 2.05) is 13.8 Å². The maximum atomic E-state index is 11.1. The lowest BCUT2D eigenvalue weighted by molar-refractivity contribution is -0.116. The van der Waals surface area contributed by atoms with Gasteiger partial charge in [0.1, 0.15) is 0 Å². The fourth-order valence-corrected chi connectivity index (χ4v) is 1.53. The highest BCUT2D eigenvalue weighted by molar-refractivity contribution is 7.87. The van der Waals surface area contributed by atoms with Crippen molar-refractivity contribution in [1.82, 2.24) is 5.32 Å². The van der Waals surface area contributed by atoms with Gasteiger partial charge in [0.05, 0.1) is 0 Å². The zero-order chi connectivity index (χ0) is 10.1. The van der Waals surface area contributed by atoms with E-state index in [1.165, 1.54) is 11.5 Å². The van der Waals surface area contributed by atoms with Crippen LogP contribution in [0.1, 0.15) is 26.7 Å². The predicted molar refractivity (Wildman–Crippen MR) is 55.7 cm³/mol. The number of rotatable bonds is 6.